The largest absolute Gasteiger partial charge is 0.399 e. The second-order valence-corrected chi connectivity index (χ2v) is 8.40. The zero-order valence-corrected chi connectivity index (χ0v) is 14.1. The van der Waals surface area contributed by atoms with Gasteiger partial charge in [-0.2, -0.15) is 0 Å². The van der Waals surface area contributed by atoms with Crippen molar-refractivity contribution in [2.45, 2.75) is 32.6 Å². The van der Waals surface area contributed by atoms with Gasteiger partial charge >= 0.3 is 0 Å². The van der Waals surface area contributed by atoms with Gasteiger partial charge in [-0.05, 0) is 45.5 Å². The van der Waals surface area contributed by atoms with Crippen LogP contribution in [0.2, 0.25) is 0 Å². The standard InChI is InChI=1S/C13H21BrN2O2S/c1-9(13(2,3)4)8-16-19(17,18)12-7-10(15)5-6-11(12)14/h5-7,9,16H,8,15H2,1-4H3. The van der Waals surface area contributed by atoms with Crippen LogP contribution in [-0.2, 0) is 10.0 Å². The first-order valence-electron chi connectivity index (χ1n) is 6.09. The maximum absolute atomic E-state index is 12.2. The monoisotopic (exact) mass is 348 g/mol. The number of halogens is 1. The Labute approximate surface area is 124 Å². The molecule has 0 saturated heterocycles. The highest BCUT2D eigenvalue weighted by Gasteiger charge is 2.24. The van der Waals surface area contributed by atoms with E-state index in [1.54, 1.807) is 12.1 Å². The van der Waals surface area contributed by atoms with Gasteiger partial charge in [-0.25, -0.2) is 13.1 Å². The van der Waals surface area contributed by atoms with Crippen molar-refractivity contribution < 1.29 is 8.42 Å². The van der Waals surface area contributed by atoms with Gasteiger partial charge in [0.1, 0.15) is 0 Å². The maximum atomic E-state index is 12.2. The van der Waals surface area contributed by atoms with E-state index in [9.17, 15) is 8.42 Å². The topological polar surface area (TPSA) is 72.2 Å². The number of nitrogens with one attached hydrogen (secondary N) is 1. The zero-order valence-electron chi connectivity index (χ0n) is 11.7. The number of rotatable bonds is 4. The molecular weight excluding hydrogens is 328 g/mol. The molecule has 0 aromatic heterocycles. The lowest BCUT2D eigenvalue weighted by atomic mass is 9.82. The Bertz CT molecular complexity index is 550. The molecule has 108 valence electrons. The fraction of sp³-hybridized carbons (Fsp3) is 0.538. The summed E-state index contributed by atoms with van der Waals surface area (Å²) in [5, 5.41) is 0. The molecule has 3 N–H and O–H groups in total. The van der Waals surface area contributed by atoms with Crippen LogP contribution in [0, 0.1) is 11.3 Å². The summed E-state index contributed by atoms with van der Waals surface area (Å²) in [5.41, 5.74) is 6.11. The fourth-order valence-corrected chi connectivity index (χ4v) is 3.47. The Kier molecular flexibility index (Phi) is 5.03. The van der Waals surface area contributed by atoms with Gasteiger partial charge < -0.3 is 5.73 Å². The summed E-state index contributed by atoms with van der Waals surface area (Å²) in [6.07, 6.45) is 0. The SMILES string of the molecule is CC(CNS(=O)(=O)c1cc(N)ccc1Br)C(C)(C)C. The number of nitrogen functional groups attached to an aromatic ring is 1. The summed E-state index contributed by atoms with van der Waals surface area (Å²) in [6, 6.07) is 4.74. The molecule has 1 atom stereocenters. The van der Waals surface area contributed by atoms with Gasteiger partial charge in [-0.3, -0.25) is 0 Å². The van der Waals surface area contributed by atoms with Crippen molar-refractivity contribution in [1.29, 1.82) is 0 Å². The highest BCUT2D eigenvalue weighted by Crippen LogP contribution is 2.27. The first-order valence-corrected chi connectivity index (χ1v) is 8.36. The van der Waals surface area contributed by atoms with E-state index < -0.39 is 10.0 Å². The van der Waals surface area contributed by atoms with Crippen LogP contribution in [-0.4, -0.2) is 15.0 Å². The molecule has 6 heteroatoms. The van der Waals surface area contributed by atoms with Crippen molar-refractivity contribution >= 4 is 31.6 Å². The molecular formula is C13H21BrN2O2S. The molecule has 0 fully saturated rings. The Balaban J connectivity index is 2.91. The molecule has 0 spiro atoms. The van der Waals surface area contributed by atoms with Crippen LogP contribution >= 0.6 is 15.9 Å². The lowest BCUT2D eigenvalue weighted by Gasteiger charge is -2.27. The normalized spacial score (nSPS) is 14.4. The molecule has 1 aromatic carbocycles. The second kappa shape index (κ2) is 5.81. The van der Waals surface area contributed by atoms with E-state index in [-0.39, 0.29) is 16.2 Å². The van der Waals surface area contributed by atoms with Crippen molar-refractivity contribution in [2.24, 2.45) is 11.3 Å². The molecule has 0 aliphatic rings. The van der Waals surface area contributed by atoms with Gasteiger partial charge in [0.2, 0.25) is 10.0 Å². The Morgan fingerprint density at radius 2 is 1.95 bits per heavy atom. The summed E-state index contributed by atoms with van der Waals surface area (Å²) >= 11 is 3.24. The average Bonchev–Trinajstić information content (AvgIpc) is 2.28. The Morgan fingerprint density at radius 3 is 2.47 bits per heavy atom. The molecule has 0 aliphatic carbocycles. The van der Waals surface area contributed by atoms with Gasteiger partial charge in [0.25, 0.3) is 0 Å². The zero-order chi connectivity index (χ0) is 14.8. The lowest BCUT2D eigenvalue weighted by molar-refractivity contribution is 0.263. The van der Waals surface area contributed by atoms with Gasteiger partial charge in [0.05, 0.1) is 4.90 Å². The van der Waals surface area contributed by atoms with E-state index in [4.69, 9.17) is 5.73 Å². The Hall–Kier alpha value is -0.590. The molecule has 0 saturated carbocycles. The summed E-state index contributed by atoms with van der Waals surface area (Å²) in [6.45, 7) is 8.68. The predicted molar refractivity (Wildman–Crippen MR) is 82.4 cm³/mol. The molecule has 0 heterocycles. The highest BCUT2D eigenvalue weighted by atomic mass is 79.9. The quantitative estimate of drug-likeness (QED) is 0.821. The summed E-state index contributed by atoms with van der Waals surface area (Å²) in [4.78, 5) is 0.175. The van der Waals surface area contributed by atoms with Gasteiger partial charge in [0.15, 0.2) is 0 Å². The molecule has 0 radical (unpaired) electrons. The van der Waals surface area contributed by atoms with Crippen molar-refractivity contribution in [2.75, 3.05) is 12.3 Å². The fourth-order valence-electron chi connectivity index (χ4n) is 1.34. The van der Waals surface area contributed by atoms with E-state index in [1.165, 1.54) is 6.07 Å². The van der Waals surface area contributed by atoms with Crippen LogP contribution in [0.25, 0.3) is 0 Å². The first kappa shape index (κ1) is 16.5. The molecule has 19 heavy (non-hydrogen) atoms. The van der Waals surface area contributed by atoms with Crippen LogP contribution in [0.3, 0.4) is 0 Å². The van der Waals surface area contributed by atoms with E-state index in [0.717, 1.165) is 0 Å². The van der Waals surface area contributed by atoms with E-state index >= 15 is 0 Å². The van der Waals surface area contributed by atoms with Crippen LogP contribution in [0.5, 0.6) is 0 Å². The molecule has 1 aromatic rings. The third kappa shape index (κ3) is 4.47. The van der Waals surface area contributed by atoms with Crippen LogP contribution in [0.4, 0.5) is 5.69 Å². The first-order chi connectivity index (χ1) is 8.54. The molecule has 0 amide bonds. The maximum Gasteiger partial charge on any atom is 0.241 e. The minimum Gasteiger partial charge on any atom is -0.399 e. The van der Waals surface area contributed by atoms with Crippen molar-refractivity contribution in [3.05, 3.63) is 22.7 Å². The highest BCUT2D eigenvalue weighted by molar-refractivity contribution is 9.10. The number of hydrogen-bond donors (Lipinski definition) is 2. The predicted octanol–water partition coefficient (Wildman–Crippen LogP) is 2.99. The number of hydrogen-bond acceptors (Lipinski definition) is 3. The number of benzene rings is 1. The van der Waals surface area contributed by atoms with Crippen LogP contribution < -0.4 is 10.5 Å². The van der Waals surface area contributed by atoms with E-state index in [2.05, 4.69) is 41.4 Å². The van der Waals surface area contributed by atoms with Crippen molar-refractivity contribution in [3.63, 3.8) is 0 Å². The van der Waals surface area contributed by atoms with E-state index in [0.29, 0.717) is 16.7 Å². The average molecular weight is 349 g/mol. The molecule has 0 aliphatic heterocycles. The minimum atomic E-state index is -3.55. The lowest BCUT2D eigenvalue weighted by Crippen LogP contribution is -2.33. The Morgan fingerprint density at radius 1 is 1.37 bits per heavy atom. The minimum absolute atomic E-state index is 0.0511. The third-order valence-electron chi connectivity index (χ3n) is 3.30. The number of sulfonamides is 1. The van der Waals surface area contributed by atoms with Crippen LogP contribution in [0.15, 0.2) is 27.6 Å². The molecule has 1 rings (SSSR count). The van der Waals surface area contributed by atoms with Gasteiger partial charge in [0, 0.05) is 16.7 Å². The summed E-state index contributed by atoms with van der Waals surface area (Å²) < 4.78 is 27.6. The number of nitrogens with two attached hydrogens (primary N) is 1. The number of anilines is 1. The second-order valence-electron chi connectivity index (χ2n) is 5.81. The summed E-state index contributed by atoms with van der Waals surface area (Å²) in [5.74, 6) is 0.224. The molecule has 4 nitrogen and oxygen atoms in total. The van der Waals surface area contributed by atoms with Crippen molar-refractivity contribution in [1.82, 2.24) is 4.72 Å². The summed E-state index contributed by atoms with van der Waals surface area (Å²) in [7, 11) is -3.55. The molecule has 0 bridgehead atoms. The van der Waals surface area contributed by atoms with E-state index in [1.807, 2.05) is 6.92 Å². The van der Waals surface area contributed by atoms with Gasteiger partial charge in [-0.15, -0.1) is 0 Å². The molecule has 1 unspecified atom stereocenters. The van der Waals surface area contributed by atoms with Crippen molar-refractivity contribution in [3.8, 4) is 0 Å². The van der Waals surface area contributed by atoms with Gasteiger partial charge in [-0.1, -0.05) is 27.7 Å². The third-order valence-corrected chi connectivity index (χ3v) is 5.72. The smallest absolute Gasteiger partial charge is 0.241 e. The van der Waals surface area contributed by atoms with Crippen LogP contribution in [0.1, 0.15) is 27.7 Å².